The van der Waals surface area contributed by atoms with Crippen molar-refractivity contribution in [2.75, 3.05) is 17.2 Å². The monoisotopic (exact) mass is 398 g/mol. The summed E-state index contributed by atoms with van der Waals surface area (Å²) in [4.78, 5) is 4.56. The predicted octanol–water partition coefficient (Wildman–Crippen LogP) is 3.49. The fourth-order valence-corrected chi connectivity index (χ4v) is 4.53. The molecule has 1 aliphatic heterocycles. The summed E-state index contributed by atoms with van der Waals surface area (Å²) in [5.41, 5.74) is 22.7. The Hall–Kier alpha value is -2.28. The molecule has 1 fully saturated rings. The molecule has 0 bridgehead atoms. The molecule has 0 amide bonds. The minimum atomic E-state index is -1.15. The molecule has 28 heavy (non-hydrogen) atoms. The van der Waals surface area contributed by atoms with Gasteiger partial charge < -0.3 is 22.1 Å². The highest BCUT2D eigenvalue weighted by atomic mass is 35.5. The number of aliphatic imine (C=N–C) groups is 1. The van der Waals surface area contributed by atoms with Gasteiger partial charge in [-0.2, -0.15) is 0 Å². The second-order valence-corrected chi connectivity index (χ2v) is 8.18. The van der Waals surface area contributed by atoms with Crippen LogP contribution in [0.15, 0.2) is 47.5 Å². The Labute approximate surface area is 170 Å². The molecule has 1 saturated carbocycles. The van der Waals surface area contributed by atoms with E-state index in [1.165, 1.54) is 5.56 Å². The van der Waals surface area contributed by atoms with Crippen molar-refractivity contribution in [1.82, 2.24) is 0 Å². The van der Waals surface area contributed by atoms with Crippen molar-refractivity contribution in [3.05, 3.63) is 58.6 Å². The third-order valence-corrected chi connectivity index (χ3v) is 6.09. The lowest BCUT2D eigenvalue weighted by Crippen LogP contribution is -2.49. The van der Waals surface area contributed by atoms with E-state index in [2.05, 4.69) is 27.8 Å². The summed E-state index contributed by atoms with van der Waals surface area (Å²) in [5, 5.41) is 7.21. The van der Waals surface area contributed by atoms with Crippen LogP contribution in [0, 0.1) is 5.92 Å². The predicted molar refractivity (Wildman–Crippen MR) is 116 cm³/mol. The van der Waals surface area contributed by atoms with Crippen LogP contribution < -0.4 is 27.8 Å². The molecule has 1 atom stereocenters. The molecule has 2 aromatic carbocycles. The van der Waals surface area contributed by atoms with Gasteiger partial charge in [-0.3, -0.25) is 5.73 Å². The molecule has 0 aromatic heterocycles. The first-order chi connectivity index (χ1) is 13.5. The second kappa shape index (κ2) is 7.62. The van der Waals surface area contributed by atoms with Gasteiger partial charge in [-0.25, -0.2) is 4.99 Å². The Balaban J connectivity index is 1.72. The van der Waals surface area contributed by atoms with Crippen molar-refractivity contribution in [3.63, 3.8) is 0 Å². The van der Waals surface area contributed by atoms with Gasteiger partial charge >= 0.3 is 0 Å². The number of rotatable bonds is 4. The molecule has 1 unspecified atom stereocenters. The highest BCUT2D eigenvalue weighted by Crippen LogP contribution is 2.43. The largest absolute Gasteiger partial charge is 0.370 e. The number of halogens is 1. The Kier molecular flexibility index (Phi) is 5.19. The first-order valence-electron chi connectivity index (χ1n) is 9.77. The van der Waals surface area contributed by atoms with Crippen LogP contribution in [0.3, 0.4) is 0 Å². The topological polar surface area (TPSA) is 114 Å². The summed E-state index contributed by atoms with van der Waals surface area (Å²) in [6.45, 7) is 0.765. The van der Waals surface area contributed by atoms with Gasteiger partial charge in [-0.05, 0) is 80.0 Å². The van der Waals surface area contributed by atoms with Crippen molar-refractivity contribution in [2.24, 2.45) is 28.1 Å². The van der Waals surface area contributed by atoms with Crippen molar-refractivity contribution in [2.45, 2.75) is 37.4 Å². The van der Waals surface area contributed by atoms with Crippen LogP contribution in [-0.2, 0) is 5.79 Å². The van der Waals surface area contributed by atoms with Crippen LogP contribution in [0.5, 0.6) is 0 Å². The quantitative estimate of drug-likeness (QED) is 0.506. The van der Waals surface area contributed by atoms with Crippen LogP contribution in [0.25, 0.3) is 0 Å². The summed E-state index contributed by atoms with van der Waals surface area (Å²) in [6.07, 6.45) is 4.50. The summed E-state index contributed by atoms with van der Waals surface area (Å²) in [7, 11) is 0. The molecular formula is C21H27ClN6. The molecule has 0 radical (unpaired) electrons. The van der Waals surface area contributed by atoms with Crippen molar-refractivity contribution in [1.29, 1.82) is 0 Å². The van der Waals surface area contributed by atoms with E-state index in [4.69, 9.17) is 28.8 Å². The van der Waals surface area contributed by atoms with Crippen molar-refractivity contribution in [3.8, 4) is 0 Å². The molecule has 1 aliphatic carbocycles. The van der Waals surface area contributed by atoms with E-state index in [0.29, 0.717) is 22.8 Å². The third kappa shape index (κ3) is 3.68. The van der Waals surface area contributed by atoms with E-state index in [9.17, 15) is 0 Å². The summed E-state index contributed by atoms with van der Waals surface area (Å²) >= 11 is 6.02. The van der Waals surface area contributed by atoms with Crippen molar-refractivity contribution < 1.29 is 0 Å². The molecule has 2 aliphatic rings. The van der Waals surface area contributed by atoms with Crippen LogP contribution in [0.4, 0.5) is 11.4 Å². The number of hydrogen-bond donors (Lipinski definition) is 5. The molecule has 0 saturated heterocycles. The van der Waals surface area contributed by atoms with E-state index in [0.717, 1.165) is 49.2 Å². The van der Waals surface area contributed by atoms with E-state index in [-0.39, 0.29) is 0 Å². The zero-order chi connectivity index (χ0) is 19.7. The number of nitrogens with zero attached hydrogens (tertiary/aromatic N) is 1. The maximum atomic E-state index is 6.82. The number of nitrogens with one attached hydrogen (secondary N) is 2. The number of nitrogens with two attached hydrogens (primary N) is 3. The van der Waals surface area contributed by atoms with Gasteiger partial charge in [0.1, 0.15) is 0 Å². The lowest BCUT2D eigenvalue weighted by molar-refractivity contribution is 0.329. The van der Waals surface area contributed by atoms with Crippen LogP contribution >= 0.6 is 11.6 Å². The second-order valence-electron chi connectivity index (χ2n) is 7.74. The average Bonchev–Trinajstić information content (AvgIpc) is 2.69. The fourth-order valence-electron chi connectivity index (χ4n) is 4.40. The lowest BCUT2D eigenvalue weighted by Gasteiger charge is -2.38. The van der Waals surface area contributed by atoms with Gasteiger partial charge in [0.05, 0.1) is 5.69 Å². The summed E-state index contributed by atoms with van der Waals surface area (Å²) in [5.74, 6) is 0.196. The lowest BCUT2D eigenvalue weighted by atomic mass is 9.76. The third-order valence-electron chi connectivity index (χ3n) is 5.84. The Morgan fingerprint density at radius 1 is 1.11 bits per heavy atom. The van der Waals surface area contributed by atoms with Gasteiger partial charge in [-0.1, -0.05) is 23.7 Å². The number of fused-ring (bicyclic) bond motifs is 1. The van der Waals surface area contributed by atoms with E-state index in [1.807, 2.05) is 30.3 Å². The van der Waals surface area contributed by atoms with Gasteiger partial charge in [0.15, 0.2) is 5.96 Å². The van der Waals surface area contributed by atoms with Crippen LogP contribution in [0.1, 0.15) is 42.7 Å². The van der Waals surface area contributed by atoms with Crippen molar-refractivity contribution >= 4 is 28.9 Å². The average molecular weight is 399 g/mol. The summed E-state index contributed by atoms with van der Waals surface area (Å²) in [6, 6.07) is 13.6. The standard InChI is InChI=1S/C21H27ClN6/c22-15-8-10-16(11-9-15)27-21(25)19-17(14-6-4-13(12-23)5-7-14)2-1-3-18(19)26-20(24)28-21/h1-3,8-11,13-14,27H,4-7,12,23,25H2,(H3,24,26,28). The number of benzene rings is 2. The molecule has 7 heteroatoms. The molecule has 148 valence electrons. The van der Waals surface area contributed by atoms with Crippen LogP contribution in [0.2, 0.25) is 5.02 Å². The molecule has 2 aromatic rings. The molecular weight excluding hydrogens is 372 g/mol. The highest BCUT2D eigenvalue weighted by Gasteiger charge is 2.38. The zero-order valence-corrected chi connectivity index (χ0v) is 16.5. The van der Waals surface area contributed by atoms with Crippen LogP contribution in [-0.4, -0.2) is 12.5 Å². The van der Waals surface area contributed by atoms with E-state index in [1.54, 1.807) is 0 Å². The first-order valence-corrected chi connectivity index (χ1v) is 10.1. The van der Waals surface area contributed by atoms with Gasteiger partial charge in [0.2, 0.25) is 5.79 Å². The maximum absolute atomic E-state index is 6.82. The normalized spacial score (nSPS) is 26.8. The zero-order valence-electron chi connectivity index (χ0n) is 15.8. The Morgan fingerprint density at radius 2 is 1.82 bits per heavy atom. The molecule has 0 spiro atoms. The summed E-state index contributed by atoms with van der Waals surface area (Å²) < 4.78 is 0. The molecule has 1 heterocycles. The number of guanidine groups is 1. The first kappa shape index (κ1) is 19.1. The highest BCUT2D eigenvalue weighted by molar-refractivity contribution is 6.30. The SMILES string of the molecule is NCC1CCC(c2cccc3c2C(N)(Nc2ccc(Cl)cc2)N=C(N)N3)CC1. The minimum absolute atomic E-state index is 0.292. The minimum Gasteiger partial charge on any atom is -0.370 e. The maximum Gasteiger partial charge on any atom is 0.215 e. The molecule has 8 N–H and O–H groups in total. The number of anilines is 2. The van der Waals surface area contributed by atoms with E-state index >= 15 is 0 Å². The fraction of sp³-hybridized carbons (Fsp3) is 0.381. The van der Waals surface area contributed by atoms with Gasteiger partial charge in [-0.15, -0.1) is 0 Å². The number of hydrogen-bond acceptors (Lipinski definition) is 6. The Morgan fingerprint density at radius 3 is 2.50 bits per heavy atom. The molecule has 6 nitrogen and oxygen atoms in total. The smallest absolute Gasteiger partial charge is 0.215 e. The Bertz CT molecular complexity index is 873. The van der Waals surface area contributed by atoms with Gasteiger partial charge in [0, 0.05) is 16.3 Å². The van der Waals surface area contributed by atoms with Gasteiger partial charge in [0.25, 0.3) is 0 Å². The molecule has 4 rings (SSSR count). The van der Waals surface area contributed by atoms with E-state index < -0.39 is 5.79 Å².